The molecule has 0 radical (unpaired) electrons. The van der Waals surface area contributed by atoms with Crippen molar-refractivity contribution in [3.05, 3.63) is 34.6 Å². The monoisotopic (exact) mass is 273 g/mol. The van der Waals surface area contributed by atoms with Gasteiger partial charge in [-0.15, -0.1) is 0 Å². The van der Waals surface area contributed by atoms with Crippen LogP contribution in [0, 0.1) is 5.82 Å². The summed E-state index contributed by atoms with van der Waals surface area (Å²) < 4.78 is 13.4. The van der Waals surface area contributed by atoms with Crippen LogP contribution in [-0.2, 0) is 16.0 Å². The first-order chi connectivity index (χ1) is 8.45. The lowest BCUT2D eigenvalue weighted by atomic mass is 10.1. The van der Waals surface area contributed by atoms with E-state index in [1.165, 1.54) is 18.2 Å². The quantitative estimate of drug-likeness (QED) is 0.862. The number of aliphatic carboxylic acids is 1. The Morgan fingerprint density at radius 1 is 1.50 bits per heavy atom. The minimum absolute atomic E-state index is 0.0666. The summed E-state index contributed by atoms with van der Waals surface area (Å²) in [7, 11) is 0. The molecule has 0 fully saturated rings. The van der Waals surface area contributed by atoms with Crippen LogP contribution in [0.5, 0.6) is 0 Å². The van der Waals surface area contributed by atoms with Gasteiger partial charge in [-0.2, -0.15) is 0 Å². The minimum atomic E-state index is -1.12. The van der Waals surface area contributed by atoms with Gasteiger partial charge >= 0.3 is 5.97 Å². The average molecular weight is 274 g/mol. The first kappa shape index (κ1) is 14.4. The van der Waals surface area contributed by atoms with E-state index in [-0.39, 0.29) is 23.4 Å². The van der Waals surface area contributed by atoms with Crippen LogP contribution in [0.1, 0.15) is 18.9 Å². The number of hydrogen-bond acceptors (Lipinski definition) is 2. The Bertz CT molecular complexity index is 444. The summed E-state index contributed by atoms with van der Waals surface area (Å²) in [5, 5.41) is 11.2. The summed E-state index contributed by atoms with van der Waals surface area (Å²) in [6.07, 6.45) is -0.0264. The molecule has 0 heterocycles. The molecule has 1 aromatic rings. The van der Waals surface area contributed by atoms with Crippen molar-refractivity contribution in [3.8, 4) is 0 Å². The molecule has 0 aromatic heterocycles. The van der Waals surface area contributed by atoms with Gasteiger partial charge in [0.2, 0.25) is 5.91 Å². The zero-order valence-corrected chi connectivity index (χ0v) is 10.5. The number of halogens is 2. The van der Waals surface area contributed by atoms with Crippen molar-refractivity contribution in [1.82, 2.24) is 5.32 Å². The highest BCUT2D eigenvalue weighted by Crippen LogP contribution is 2.19. The van der Waals surface area contributed by atoms with Crippen LogP contribution in [0.4, 0.5) is 4.39 Å². The maximum absolute atomic E-state index is 13.4. The van der Waals surface area contributed by atoms with E-state index in [2.05, 4.69) is 5.32 Å². The lowest BCUT2D eigenvalue weighted by molar-refractivity contribution is -0.141. The van der Waals surface area contributed by atoms with Gasteiger partial charge in [0.1, 0.15) is 11.9 Å². The van der Waals surface area contributed by atoms with E-state index in [4.69, 9.17) is 16.7 Å². The Labute approximate surface area is 109 Å². The molecule has 1 rings (SSSR count). The van der Waals surface area contributed by atoms with Crippen LogP contribution in [0.2, 0.25) is 5.02 Å². The lowest BCUT2D eigenvalue weighted by Gasteiger charge is -2.12. The highest BCUT2D eigenvalue weighted by atomic mass is 35.5. The van der Waals surface area contributed by atoms with Crippen LogP contribution in [0.3, 0.4) is 0 Å². The molecule has 0 aliphatic heterocycles. The summed E-state index contributed by atoms with van der Waals surface area (Å²) in [5.74, 6) is -2.28. The predicted molar refractivity (Wildman–Crippen MR) is 65.0 cm³/mol. The SMILES string of the molecule is CC[C@@H](NC(=O)Cc1c(F)cccc1Cl)C(=O)O. The van der Waals surface area contributed by atoms with Crippen molar-refractivity contribution in [3.63, 3.8) is 0 Å². The largest absolute Gasteiger partial charge is 0.480 e. The molecule has 6 heteroatoms. The molecule has 0 saturated carbocycles. The van der Waals surface area contributed by atoms with E-state index < -0.39 is 23.7 Å². The van der Waals surface area contributed by atoms with Crippen molar-refractivity contribution in [1.29, 1.82) is 0 Å². The van der Waals surface area contributed by atoms with E-state index in [0.29, 0.717) is 0 Å². The third-order valence-electron chi connectivity index (χ3n) is 2.44. The molecule has 0 spiro atoms. The number of carboxylic acids is 1. The molecule has 2 N–H and O–H groups in total. The molecule has 18 heavy (non-hydrogen) atoms. The molecule has 0 aliphatic carbocycles. The summed E-state index contributed by atoms with van der Waals surface area (Å²) in [6.45, 7) is 1.63. The molecule has 1 atom stereocenters. The predicted octanol–water partition coefficient (Wildman–Crippen LogP) is 2.00. The standard InChI is InChI=1S/C12H13ClFNO3/c1-2-10(12(17)18)15-11(16)6-7-8(13)4-3-5-9(7)14/h3-5,10H,2,6H2,1H3,(H,15,16)(H,17,18)/t10-/m1/s1. The molecule has 4 nitrogen and oxygen atoms in total. The van der Waals surface area contributed by atoms with E-state index in [1.54, 1.807) is 6.92 Å². The van der Waals surface area contributed by atoms with Gasteiger partial charge < -0.3 is 10.4 Å². The summed E-state index contributed by atoms with van der Waals surface area (Å²) >= 11 is 5.77. The summed E-state index contributed by atoms with van der Waals surface area (Å²) in [5.41, 5.74) is 0.0666. The van der Waals surface area contributed by atoms with E-state index in [1.807, 2.05) is 0 Å². The van der Waals surface area contributed by atoms with Gasteiger partial charge in [0.05, 0.1) is 6.42 Å². The van der Waals surface area contributed by atoms with Crippen LogP contribution in [0.25, 0.3) is 0 Å². The Hall–Kier alpha value is -1.62. The Morgan fingerprint density at radius 3 is 2.67 bits per heavy atom. The lowest BCUT2D eigenvalue weighted by Crippen LogP contribution is -2.41. The van der Waals surface area contributed by atoms with Gasteiger partial charge in [0.25, 0.3) is 0 Å². The zero-order chi connectivity index (χ0) is 13.7. The maximum Gasteiger partial charge on any atom is 0.326 e. The molecule has 0 unspecified atom stereocenters. The van der Waals surface area contributed by atoms with Gasteiger partial charge in [-0.3, -0.25) is 4.79 Å². The van der Waals surface area contributed by atoms with Crippen molar-refractivity contribution < 1.29 is 19.1 Å². The highest BCUT2D eigenvalue weighted by Gasteiger charge is 2.19. The molecule has 0 saturated heterocycles. The van der Waals surface area contributed by atoms with Gasteiger partial charge in [-0.05, 0) is 18.6 Å². The fraction of sp³-hybridized carbons (Fsp3) is 0.333. The maximum atomic E-state index is 13.4. The first-order valence-corrected chi connectivity index (χ1v) is 5.78. The second-order valence-electron chi connectivity index (χ2n) is 3.74. The summed E-state index contributed by atoms with van der Waals surface area (Å²) in [6, 6.07) is 3.14. The van der Waals surface area contributed by atoms with Crippen molar-refractivity contribution in [2.24, 2.45) is 0 Å². The molecule has 98 valence electrons. The summed E-state index contributed by atoms with van der Waals surface area (Å²) in [4.78, 5) is 22.3. The Kier molecular flexibility index (Phi) is 5.09. The van der Waals surface area contributed by atoms with E-state index in [0.717, 1.165) is 0 Å². The second-order valence-corrected chi connectivity index (χ2v) is 4.15. The van der Waals surface area contributed by atoms with Crippen LogP contribution < -0.4 is 5.32 Å². The number of rotatable bonds is 5. The number of carbonyl (C=O) groups is 2. The number of carbonyl (C=O) groups excluding carboxylic acids is 1. The second kappa shape index (κ2) is 6.35. The van der Waals surface area contributed by atoms with Crippen molar-refractivity contribution >= 4 is 23.5 Å². The highest BCUT2D eigenvalue weighted by molar-refractivity contribution is 6.31. The number of benzene rings is 1. The van der Waals surface area contributed by atoms with E-state index in [9.17, 15) is 14.0 Å². The smallest absolute Gasteiger partial charge is 0.326 e. The average Bonchev–Trinajstić information content (AvgIpc) is 2.30. The van der Waals surface area contributed by atoms with E-state index >= 15 is 0 Å². The minimum Gasteiger partial charge on any atom is -0.480 e. The number of nitrogens with one attached hydrogen (secondary N) is 1. The van der Waals surface area contributed by atoms with Gasteiger partial charge in [-0.1, -0.05) is 24.6 Å². The van der Waals surface area contributed by atoms with Crippen molar-refractivity contribution in [2.75, 3.05) is 0 Å². The topological polar surface area (TPSA) is 66.4 Å². The van der Waals surface area contributed by atoms with Gasteiger partial charge in [0.15, 0.2) is 0 Å². The third-order valence-corrected chi connectivity index (χ3v) is 2.79. The van der Waals surface area contributed by atoms with Gasteiger partial charge in [0, 0.05) is 10.6 Å². The van der Waals surface area contributed by atoms with Crippen molar-refractivity contribution in [2.45, 2.75) is 25.8 Å². The first-order valence-electron chi connectivity index (χ1n) is 5.40. The van der Waals surface area contributed by atoms with Crippen LogP contribution >= 0.6 is 11.6 Å². The number of hydrogen-bond donors (Lipinski definition) is 2. The van der Waals surface area contributed by atoms with Gasteiger partial charge in [-0.25, -0.2) is 9.18 Å². The molecular formula is C12H13ClFNO3. The number of amides is 1. The molecule has 0 bridgehead atoms. The Morgan fingerprint density at radius 2 is 2.17 bits per heavy atom. The number of carboxylic acid groups (broad SMARTS) is 1. The zero-order valence-electron chi connectivity index (χ0n) is 9.74. The molecule has 0 aliphatic rings. The third kappa shape index (κ3) is 3.70. The molecule has 1 amide bonds. The molecular weight excluding hydrogens is 261 g/mol. The normalized spacial score (nSPS) is 11.9. The fourth-order valence-electron chi connectivity index (χ4n) is 1.45. The fourth-order valence-corrected chi connectivity index (χ4v) is 1.68. The molecule has 1 aromatic carbocycles. The Balaban J connectivity index is 2.73. The van der Waals surface area contributed by atoms with Crippen LogP contribution in [-0.4, -0.2) is 23.0 Å². The van der Waals surface area contributed by atoms with Crippen LogP contribution in [0.15, 0.2) is 18.2 Å².